The average molecular weight is 408 g/mol. The number of carbonyl (C=O) groups excluding carboxylic acids is 2. The summed E-state index contributed by atoms with van der Waals surface area (Å²) < 4.78 is 10.6. The number of amides is 2. The molecule has 2 fully saturated rings. The summed E-state index contributed by atoms with van der Waals surface area (Å²) in [4.78, 5) is 39.2. The summed E-state index contributed by atoms with van der Waals surface area (Å²) in [6, 6.07) is 3.90. The Morgan fingerprint density at radius 2 is 2.36 bits per heavy atom. The van der Waals surface area contributed by atoms with Gasteiger partial charge in [-0.05, 0) is 18.9 Å². The van der Waals surface area contributed by atoms with Gasteiger partial charge in [-0.3, -0.25) is 24.7 Å². The number of thioether (sulfide) groups is 1. The van der Waals surface area contributed by atoms with E-state index in [1.165, 1.54) is 37.1 Å². The number of amidine groups is 1. The molecule has 2 saturated heterocycles. The highest BCUT2D eigenvalue weighted by molar-refractivity contribution is 8.15. The molecule has 2 unspecified atom stereocenters. The maximum Gasteiger partial charge on any atom is 0.271 e. The zero-order valence-corrected chi connectivity index (χ0v) is 16.0. The van der Waals surface area contributed by atoms with E-state index in [1.807, 2.05) is 0 Å². The number of nitro groups is 1. The summed E-state index contributed by atoms with van der Waals surface area (Å²) >= 11 is 1.19. The molecule has 1 aromatic carbocycles. The standard InChI is InChI=1S/C17H20N4O6S/c1-26-13-5-4-10(21(24)25)7-12(13)19-15(22)8-14-16(23)20-17(28-14)18-9-11-3-2-6-27-11/h4-5,7,11,14H,2-3,6,8-9H2,1H3,(H,19,22)(H,18,20,23). The lowest BCUT2D eigenvalue weighted by molar-refractivity contribution is -0.384. The van der Waals surface area contributed by atoms with E-state index in [1.54, 1.807) is 0 Å². The second-order valence-electron chi connectivity index (χ2n) is 6.27. The topological polar surface area (TPSA) is 132 Å². The minimum absolute atomic E-state index is 0.0775. The number of anilines is 1. The maximum atomic E-state index is 12.3. The summed E-state index contributed by atoms with van der Waals surface area (Å²) in [5.74, 6) is -0.453. The van der Waals surface area contributed by atoms with Crippen LogP contribution in [0.4, 0.5) is 11.4 Å². The van der Waals surface area contributed by atoms with Crippen LogP contribution in [0.1, 0.15) is 19.3 Å². The zero-order valence-electron chi connectivity index (χ0n) is 15.2. The zero-order chi connectivity index (χ0) is 20.1. The Bertz CT molecular complexity index is 809. The van der Waals surface area contributed by atoms with E-state index in [0.717, 1.165) is 19.4 Å². The third kappa shape index (κ3) is 4.98. The lowest BCUT2D eigenvalue weighted by atomic mass is 10.2. The molecule has 2 atom stereocenters. The lowest BCUT2D eigenvalue weighted by Gasteiger charge is -2.11. The van der Waals surface area contributed by atoms with Crippen LogP contribution in [0.25, 0.3) is 0 Å². The summed E-state index contributed by atoms with van der Waals surface area (Å²) in [7, 11) is 1.40. The van der Waals surface area contributed by atoms with Crippen molar-refractivity contribution >= 4 is 40.1 Å². The van der Waals surface area contributed by atoms with Crippen molar-refractivity contribution in [1.82, 2.24) is 5.32 Å². The Kier molecular flexibility index (Phi) is 6.47. The molecule has 0 aliphatic carbocycles. The molecule has 0 spiro atoms. The molecule has 150 valence electrons. The molecule has 0 saturated carbocycles. The number of ether oxygens (including phenoxy) is 2. The summed E-state index contributed by atoms with van der Waals surface area (Å²) in [5, 5.41) is 16.0. The van der Waals surface area contributed by atoms with E-state index in [-0.39, 0.29) is 29.8 Å². The predicted octanol–water partition coefficient (Wildman–Crippen LogP) is 1.70. The van der Waals surface area contributed by atoms with E-state index in [9.17, 15) is 19.7 Å². The Morgan fingerprint density at radius 1 is 1.54 bits per heavy atom. The number of hydrogen-bond donors (Lipinski definition) is 2. The molecule has 0 aromatic heterocycles. The van der Waals surface area contributed by atoms with Crippen LogP contribution in [0.2, 0.25) is 0 Å². The van der Waals surface area contributed by atoms with Gasteiger partial charge in [-0.15, -0.1) is 0 Å². The fourth-order valence-electron chi connectivity index (χ4n) is 2.86. The highest BCUT2D eigenvalue weighted by atomic mass is 32.2. The number of methoxy groups -OCH3 is 1. The summed E-state index contributed by atoms with van der Waals surface area (Å²) in [6.45, 7) is 1.21. The van der Waals surface area contributed by atoms with Crippen LogP contribution in [0, 0.1) is 10.1 Å². The van der Waals surface area contributed by atoms with Gasteiger partial charge in [0, 0.05) is 25.2 Å². The molecule has 28 heavy (non-hydrogen) atoms. The van der Waals surface area contributed by atoms with Crippen LogP contribution in [0.3, 0.4) is 0 Å². The first-order chi connectivity index (χ1) is 13.5. The van der Waals surface area contributed by atoms with Gasteiger partial charge in [0.15, 0.2) is 5.17 Å². The van der Waals surface area contributed by atoms with Gasteiger partial charge in [0.05, 0.1) is 30.4 Å². The Morgan fingerprint density at radius 3 is 3.04 bits per heavy atom. The van der Waals surface area contributed by atoms with Crippen LogP contribution in [0.5, 0.6) is 5.75 Å². The first-order valence-corrected chi connectivity index (χ1v) is 9.60. The van der Waals surface area contributed by atoms with Gasteiger partial charge in [0.25, 0.3) is 5.69 Å². The second-order valence-corrected chi connectivity index (χ2v) is 7.46. The van der Waals surface area contributed by atoms with Crippen molar-refractivity contribution < 1.29 is 24.0 Å². The fourth-order valence-corrected chi connectivity index (χ4v) is 3.84. The first kappa shape index (κ1) is 20.1. The van der Waals surface area contributed by atoms with Gasteiger partial charge in [-0.2, -0.15) is 0 Å². The largest absolute Gasteiger partial charge is 0.495 e. The molecular weight excluding hydrogens is 388 g/mol. The average Bonchev–Trinajstić information content (AvgIpc) is 3.30. The van der Waals surface area contributed by atoms with Crippen molar-refractivity contribution in [3.63, 3.8) is 0 Å². The van der Waals surface area contributed by atoms with Gasteiger partial charge in [0.2, 0.25) is 11.8 Å². The molecule has 2 amide bonds. The number of aliphatic imine (C=N–C) groups is 1. The van der Waals surface area contributed by atoms with E-state index in [0.29, 0.717) is 17.5 Å². The summed E-state index contributed by atoms with van der Waals surface area (Å²) in [5.41, 5.74) is 0.00464. The number of nitrogens with one attached hydrogen (secondary N) is 2. The van der Waals surface area contributed by atoms with Crippen LogP contribution >= 0.6 is 11.8 Å². The number of carbonyl (C=O) groups is 2. The van der Waals surface area contributed by atoms with E-state index in [4.69, 9.17) is 9.47 Å². The number of rotatable bonds is 7. The third-order valence-electron chi connectivity index (χ3n) is 4.28. The minimum atomic E-state index is -0.618. The Hall–Kier alpha value is -2.66. The number of hydrogen-bond acceptors (Lipinski definition) is 8. The normalized spacial score (nSPS) is 22.9. The Labute approximate surface area is 165 Å². The molecule has 3 rings (SSSR count). The molecule has 11 heteroatoms. The van der Waals surface area contributed by atoms with Crippen molar-refractivity contribution in [1.29, 1.82) is 0 Å². The van der Waals surface area contributed by atoms with Crippen LogP contribution in [-0.4, -0.2) is 53.5 Å². The van der Waals surface area contributed by atoms with Crippen LogP contribution in [0.15, 0.2) is 23.2 Å². The van der Waals surface area contributed by atoms with Crippen molar-refractivity contribution in [2.75, 3.05) is 25.6 Å². The van der Waals surface area contributed by atoms with E-state index >= 15 is 0 Å². The second kappa shape index (κ2) is 9.02. The molecule has 0 radical (unpaired) electrons. The molecular formula is C17H20N4O6S. The molecule has 1 aromatic rings. The van der Waals surface area contributed by atoms with E-state index < -0.39 is 16.1 Å². The van der Waals surface area contributed by atoms with Gasteiger partial charge in [-0.1, -0.05) is 11.8 Å². The number of nitrogens with zero attached hydrogens (tertiary/aromatic N) is 2. The quantitative estimate of drug-likeness (QED) is 0.518. The molecule has 2 aliphatic rings. The van der Waals surface area contributed by atoms with Crippen molar-refractivity contribution in [2.24, 2.45) is 4.99 Å². The highest BCUT2D eigenvalue weighted by Gasteiger charge is 2.32. The smallest absolute Gasteiger partial charge is 0.271 e. The SMILES string of the molecule is COc1ccc([N+](=O)[O-])cc1NC(=O)CC1SC(=NCC2CCCO2)NC1=O. The molecule has 10 nitrogen and oxygen atoms in total. The fraction of sp³-hybridized carbons (Fsp3) is 0.471. The van der Waals surface area contributed by atoms with Gasteiger partial charge >= 0.3 is 0 Å². The molecule has 2 heterocycles. The lowest BCUT2D eigenvalue weighted by Crippen LogP contribution is -2.28. The predicted molar refractivity (Wildman–Crippen MR) is 104 cm³/mol. The number of non-ortho nitro benzene ring substituents is 1. The van der Waals surface area contributed by atoms with Crippen LogP contribution < -0.4 is 15.4 Å². The highest BCUT2D eigenvalue weighted by Crippen LogP contribution is 2.30. The minimum Gasteiger partial charge on any atom is -0.495 e. The molecule has 0 bridgehead atoms. The molecule has 2 N–H and O–H groups in total. The van der Waals surface area contributed by atoms with E-state index in [2.05, 4.69) is 15.6 Å². The van der Waals surface area contributed by atoms with Gasteiger partial charge < -0.3 is 20.1 Å². The van der Waals surface area contributed by atoms with Crippen molar-refractivity contribution in [2.45, 2.75) is 30.6 Å². The van der Waals surface area contributed by atoms with Gasteiger partial charge in [-0.25, -0.2) is 0 Å². The monoisotopic (exact) mass is 408 g/mol. The maximum absolute atomic E-state index is 12.3. The van der Waals surface area contributed by atoms with Gasteiger partial charge in [0.1, 0.15) is 11.0 Å². The first-order valence-electron chi connectivity index (χ1n) is 8.72. The van der Waals surface area contributed by atoms with Crippen molar-refractivity contribution in [3.8, 4) is 5.75 Å². The summed E-state index contributed by atoms with van der Waals surface area (Å²) in [6.07, 6.45) is 1.95. The number of nitro benzene ring substituents is 1. The van der Waals surface area contributed by atoms with Crippen LogP contribution in [-0.2, 0) is 14.3 Å². The number of benzene rings is 1. The Balaban J connectivity index is 1.58. The molecule has 2 aliphatic heterocycles. The third-order valence-corrected chi connectivity index (χ3v) is 5.40. The van der Waals surface area contributed by atoms with Crippen molar-refractivity contribution in [3.05, 3.63) is 28.3 Å².